The second kappa shape index (κ2) is 9.11. The molecule has 0 spiro atoms. The van der Waals surface area contributed by atoms with Crippen molar-refractivity contribution in [1.82, 2.24) is 20.4 Å². The van der Waals surface area contributed by atoms with Gasteiger partial charge in [0.05, 0.1) is 6.21 Å². The molecule has 29 heavy (non-hydrogen) atoms. The minimum absolute atomic E-state index is 0.0324. The van der Waals surface area contributed by atoms with Gasteiger partial charge in [-0.25, -0.2) is 0 Å². The molecule has 8 nitrogen and oxygen atoms in total. The van der Waals surface area contributed by atoms with Gasteiger partial charge in [0.1, 0.15) is 0 Å². The van der Waals surface area contributed by atoms with Crippen LogP contribution in [0.1, 0.15) is 32.0 Å². The minimum Gasteiger partial charge on any atom is -0.466 e. The molecular formula is C20H18ClN5O3. The van der Waals surface area contributed by atoms with E-state index in [9.17, 15) is 9.59 Å². The van der Waals surface area contributed by atoms with Gasteiger partial charge in [0.15, 0.2) is 12.4 Å². The van der Waals surface area contributed by atoms with Gasteiger partial charge in [0, 0.05) is 17.6 Å². The number of aromatic nitrogens is 3. The molecule has 0 aliphatic carbocycles. The number of ether oxygens (including phenoxy) is 1. The fourth-order valence-electron chi connectivity index (χ4n) is 2.35. The Bertz CT molecular complexity index is 1040. The molecular weight excluding hydrogens is 394 g/mol. The molecule has 0 atom stereocenters. The predicted octanol–water partition coefficient (Wildman–Crippen LogP) is 2.74. The van der Waals surface area contributed by atoms with Gasteiger partial charge in [0.2, 0.25) is 5.69 Å². The monoisotopic (exact) mass is 411 g/mol. The van der Waals surface area contributed by atoms with Crippen LogP contribution in [-0.2, 0) is 0 Å². The molecule has 9 heteroatoms. The second-order valence-electron chi connectivity index (χ2n) is 6.09. The van der Waals surface area contributed by atoms with E-state index < -0.39 is 5.91 Å². The van der Waals surface area contributed by atoms with E-state index >= 15 is 0 Å². The van der Waals surface area contributed by atoms with Gasteiger partial charge in [-0.2, -0.15) is 5.10 Å². The number of carbonyl (C=O) groups excluding carboxylic acids is 2. The third-order valence-corrected chi connectivity index (χ3v) is 4.21. The Balaban J connectivity index is 1.82. The van der Waals surface area contributed by atoms with Crippen molar-refractivity contribution in [2.24, 2.45) is 5.10 Å². The van der Waals surface area contributed by atoms with Gasteiger partial charge < -0.3 is 10.1 Å². The lowest BCUT2D eigenvalue weighted by Gasteiger charge is -2.06. The lowest BCUT2D eigenvalue weighted by atomic mass is 10.1. The van der Waals surface area contributed by atoms with Crippen molar-refractivity contribution < 1.29 is 14.3 Å². The summed E-state index contributed by atoms with van der Waals surface area (Å²) in [6.45, 7) is 1.66. The highest BCUT2D eigenvalue weighted by Gasteiger charge is 2.21. The Labute approximate surface area is 172 Å². The van der Waals surface area contributed by atoms with E-state index in [1.165, 1.54) is 7.05 Å². The van der Waals surface area contributed by atoms with Gasteiger partial charge in [-0.1, -0.05) is 46.2 Å². The van der Waals surface area contributed by atoms with Gasteiger partial charge in [-0.15, -0.1) is 5.10 Å². The standard InChI is InChI=1S/C20H18ClN5O3/c1-13-3-5-14(6-4-13)11-23-26-20(18(24-25-26)19(28)22-2)29-12-17(27)15-7-9-16(21)10-8-15/h3-11H,12H2,1-2H3,(H,22,28)/b23-11+. The van der Waals surface area contributed by atoms with Crippen LogP contribution < -0.4 is 10.1 Å². The van der Waals surface area contributed by atoms with Crippen LogP contribution in [-0.4, -0.2) is 46.7 Å². The maximum absolute atomic E-state index is 12.4. The van der Waals surface area contributed by atoms with Crippen LogP contribution in [0.3, 0.4) is 0 Å². The second-order valence-corrected chi connectivity index (χ2v) is 6.52. The topological polar surface area (TPSA) is 98.5 Å². The molecule has 1 aromatic heterocycles. The SMILES string of the molecule is CNC(=O)c1nnn(/N=C/c2ccc(C)cc2)c1OCC(=O)c1ccc(Cl)cc1. The number of ketones is 1. The molecule has 0 bridgehead atoms. The molecule has 2 aromatic carbocycles. The first-order valence-corrected chi connectivity index (χ1v) is 9.06. The highest BCUT2D eigenvalue weighted by atomic mass is 35.5. The summed E-state index contributed by atoms with van der Waals surface area (Å²) in [4.78, 5) is 25.5. The quantitative estimate of drug-likeness (QED) is 0.476. The van der Waals surface area contributed by atoms with Crippen molar-refractivity contribution in [3.05, 3.63) is 75.9 Å². The van der Waals surface area contributed by atoms with Gasteiger partial charge >= 0.3 is 0 Å². The Morgan fingerprint density at radius 2 is 1.86 bits per heavy atom. The number of hydrogen-bond acceptors (Lipinski definition) is 6. The van der Waals surface area contributed by atoms with Crippen molar-refractivity contribution in [2.75, 3.05) is 13.7 Å². The van der Waals surface area contributed by atoms with Gasteiger partial charge in [-0.05, 0) is 42.0 Å². The summed E-state index contributed by atoms with van der Waals surface area (Å²) in [7, 11) is 1.46. The molecule has 1 heterocycles. The first-order valence-electron chi connectivity index (χ1n) is 8.68. The van der Waals surface area contributed by atoms with E-state index in [1.807, 2.05) is 31.2 Å². The molecule has 0 saturated heterocycles. The Kier molecular flexibility index (Phi) is 6.36. The summed E-state index contributed by atoms with van der Waals surface area (Å²) in [6, 6.07) is 14.1. The third kappa shape index (κ3) is 5.05. The van der Waals surface area contributed by atoms with Crippen LogP contribution in [0.15, 0.2) is 53.6 Å². The molecule has 3 rings (SSSR count). The highest BCUT2D eigenvalue weighted by Crippen LogP contribution is 2.17. The number of benzene rings is 2. The van der Waals surface area contributed by atoms with Crippen LogP contribution >= 0.6 is 11.6 Å². The largest absolute Gasteiger partial charge is 0.466 e. The number of aryl methyl sites for hydroxylation is 1. The van der Waals surface area contributed by atoms with E-state index in [0.717, 1.165) is 15.9 Å². The summed E-state index contributed by atoms with van der Waals surface area (Å²) in [6.07, 6.45) is 1.55. The van der Waals surface area contributed by atoms with Gasteiger partial charge in [0.25, 0.3) is 11.8 Å². The van der Waals surface area contributed by atoms with E-state index in [1.54, 1.807) is 30.5 Å². The van der Waals surface area contributed by atoms with Crippen LogP contribution in [0.2, 0.25) is 5.02 Å². The lowest BCUT2D eigenvalue weighted by Crippen LogP contribution is -2.21. The maximum atomic E-state index is 12.4. The molecule has 0 radical (unpaired) electrons. The molecule has 148 valence electrons. The predicted molar refractivity (Wildman–Crippen MR) is 109 cm³/mol. The first kappa shape index (κ1) is 20.2. The van der Waals surface area contributed by atoms with E-state index in [-0.39, 0.29) is 24.0 Å². The van der Waals surface area contributed by atoms with Crippen LogP contribution in [0.5, 0.6) is 5.88 Å². The molecule has 1 amide bonds. The lowest BCUT2D eigenvalue weighted by molar-refractivity contribution is 0.0898. The van der Waals surface area contributed by atoms with Crippen LogP contribution in [0, 0.1) is 6.92 Å². The molecule has 0 fully saturated rings. The number of hydrogen-bond donors (Lipinski definition) is 1. The van der Waals surface area contributed by atoms with E-state index in [4.69, 9.17) is 16.3 Å². The molecule has 3 aromatic rings. The summed E-state index contributed by atoms with van der Waals surface area (Å²) in [5, 5.41) is 14.8. The summed E-state index contributed by atoms with van der Waals surface area (Å²) in [5.74, 6) is -0.828. The minimum atomic E-state index is -0.504. The Morgan fingerprint density at radius 1 is 1.17 bits per heavy atom. The van der Waals surface area contributed by atoms with Crippen molar-refractivity contribution in [2.45, 2.75) is 6.92 Å². The Morgan fingerprint density at radius 3 is 2.52 bits per heavy atom. The summed E-state index contributed by atoms with van der Waals surface area (Å²) < 4.78 is 5.57. The molecule has 0 saturated carbocycles. The number of carbonyl (C=O) groups is 2. The maximum Gasteiger partial charge on any atom is 0.277 e. The number of Topliss-reactive ketones (excluding diaryl/α,β-unsaturated/α-hetero) is 1. The van der Waals surface area contributed by atoms with Crippen LogP contribution in [0.25, 0.3) is 0 Å². The first-order chi connectivity index (χ1) is 14.0. The zero-order valence-electron chi connectivity index (χ0n) is 15.8. The number of rotatable bonds is 7. The highest BCUT2D eigenvalue weighted by molar-refractivity contribution is 6.30. The Hall–Kier alpha value is -3.52. The number of halogens is 1. The number of nitrogens with zero attached hydrogens (tertiary/aromatic N) is 4. The van der Waals surface area contributed by atoms with Crippen LogP contribution in [0.4, 0.5) is 0 Å². The zero-order valence-corrected chi connectivity index (χ0v) is 16.6. The molecule has 0 unspecified atom stereocenters. The van der Waals surface area contributed by atoms with Crippen molar-refractivity contribution >= 4 is 29.5 Å². The van der Waals surface area contributed by atoms with Crippen molar-refractivity contribution in [3.8, 4) is 5.88 Å². The number of amides is 1. The van der Waals surface area contributed by atoms with Crippen molar-refractivity contribution in [3.63, 3.8) is 0 Å². The van der Waals surface area contributed by atoms with Gasteiger partial charge in [-0.3, -0.25) is 9.59 Å². The average Bonchev–Trinajstić information content (AvgIpc) is 3.14. The smallest absolute Gasteiger partial charge is 0.277 e. The molecule has 1 N–H and O–H groups in total. The zero-order chi connectivity index (χ0) is 20.8. The third-order valence-electron chi connectivity index (χ3n) is 3.96. The number of nitrogens with one attached hydrogen (secondary N) is 1. The fraction of sp³-hybridized carbons (Fsp3) is 0.150. The van der Waals surface area contributed by atoms with Crippen molar-refractivity contribution in [1.29, 1.82) is 0 Å². The van der Waals surface area contributed by atoms with E-state index in [2.05, 4.69) is 20.7 Å². The average molecular weight is 412 g/mol. The summed E-state index contributed by atoms with van der Waals surface area (Å²) in [5.41, 5.74) is 2.31. The normalized spacial score (nSPS) is 10.9. The fourth-order valence-corrected chi connectivity index (χ4v) is 2.48. The summed E-state index contributed by atoms with van der Waals surface area (Å²) >= 11 is 5.84. The van der Waals surface area contributed by atoms with E-state index in [0.29, 0.717) is 10.6 Å². The molecule has 0 aliphatic rings. The molecule has 0 aliphatic heterocycles.